The monoisotopic (exact) mass is 177 g/mol. The minimum atomic E-state index is 0.938. The van der Waals surface area contributed by atoms with Crippen molar-refractivity contribution in [3.05, 3.63) is 35.2 Å². The van der Waals surface area contributed by atoms with Gasteiger partial charge in [-0.15, -0.1) is 0 Å². The van der Waals surface area contributed by atoms with Gasteiger partial charge in [0.2, 0.25) is 0 Å². The van der Waals surface area contributed by atoms with Crippen LogP contribution < -0.4 is 4.74 Å². The van der Waals surface area contributed by atoms with Gasteiger partial charge in [-0.25, -0.2) is 0 Å². The van der Waals surface area contributed by atoms with Crippen LogP contribution in [0.3, 0.4) is 0 Å². The Labute approximate surface area is 80.7 Å². The Bertz CT molecular complexity index is 276. The van der Waals surface area contributed by atoms with Gasteiger partial charge in [0.15, 0.2) is 0 Å². The zero-order chi connectivity index (χ0) is 9.84. The highest BCUT2D eigenvalue weighted by atomic mass is 16.5. The molecule has 0 saturated carbocycles. The van der Waals surface area contributed by atoms with E-state index in [0.29, 0.717) is 0 Å². The number of hydrogen-bond donors (Lipinski definition) is 0. The summed E-state index contributed by atoms with van der Waals surface area (Å²) in [6, 6.07) is 6.26. The minimum Gasteiger partial charge on any atom is -0.497 e. The molecule has 71 valence electrons. The Hall–Kier alpha value is -0.980. The highest BCUT2D eigenvalue weighted by Gasteiger charge is 2.06. The molecule has 0 aromatic heterocycles. The summed E-state index contributed by atoms with van der Waals surface area (Å²) in [6.45, 7) is 6.44. The molecule has 0 N–H and O–H groups in total. The van der Waals surface area contributed by atoms with E-state index < -0.39 is 0 Å². The molecule has 0 bridgehead atoms. The quantitative estimate of drug-likeness (QED) is 0.688. The maximum atomic E-state index is 5.19. The molecule has 1 radical (unpaired) electrons. The lowest BCUT2D eigenvalue weighted by molar-refractivity contribution is 0.414. The third-order valence-electron chi connectivity index (χ3n) is 2.24. The fourth-order valence-electron chi connectivity index (χ4n) is 1.46. The van der Waals surface area contributed by atoms with Crippen LogP contribution in [0.1, 0.15) is 31.9 Å². The van der Waals surface area contributed by atoms with Crippen LogP contribution in [0.2, 0.25) is 0 Å². The van der Waals surface area contributed by atoms with Crippen molar-refractivity contribution in [3.63, 3.8) is 0 Å². The molecule has 0 unspecified atom stereocenters. The molecule has 0 aliphatic rings. The van der Waals surface area contributed by atoms with Gasteiger partial charge in [0, 0.05) is 0 Å². The van der Waals surface area contributed by atoms with Crippen molar-refractivity contribution in [2.75, 3.05) is 7.11 Å². The Morgan fingerprint density at radius 3 is 2.46 bits per heavy atom. The van der Waals surface area contributed by atoms with Crippen LogP contribution in [0.5, 0.6) is 5.75 Å². The van der Waals surface area contributed by atoms with Crippen LogP contribution in [0.15, 0.2) is 18.2 Å². The summed E-state index contributed by atoms with van der Waals surface area (Å²) in [5.74, 6) is 2.28. The summed E-state index contributed by atoms with van der Waals surface area (Å²) in [4.78, 5) is 0. The first-order valence-electron chi connectivity index (χ1n) is 4.66. The molecule has 0 saturated heterocycles. The predicted octanol–water partition coefficient (Wildman–Crippen LogP) is 3.22. The van der Waals surface area contributed by atoms with Crippen molar-refractivity contribution in [1.29, 1.82) is 0 Å². The lowest BCUT2D eigenvalue weighted by atomic mass is 9.95. The van der Waals surface area contributed by atoms with E-state index >= 15 is 0 Å². The third-order valence-corrected chi connectivity index (χ3v) is 2.24. The number of rotatable bonds is 3. The molecule has 0 atom stereocenters. The zero-order valence-corrected chi connectivity index (χ0v) is 8.85. The minimum absolute atomic E-state index is 0.938. The Balaban J connectivity index is 3.10. The highest BCUT2D eigenvalue weighted by Crippen LogP contribution is 2.24. The van der Waals surface area contributed by atoms with Gasteiger partial charge in [0.25, 0.3) is 0 Å². The van der Waals surface area contributed by atoms with Gasteiger partial charge in [0.1, 0.15) is 5.75 Å². The van der Waals surface area contributed by atoms with Crippen LogP contribution in [0.25, 0.3) is 0 Å². The summed E-state index contributed by atoms with van der Waals surface area (Å²) in [5.41, 5.74) is 2.71. The van der Waals surface area contributed by atoms with Crippen LogP contribution in [0, 0.1) is 5.92 Å². The maximum Gasteiger partial charge on any atom is 0.119 e. The summed E-state index contributed by atoms with van der Waals surface area (Å²) < 4.78 is 5.19. The number of benzene rings is 1. The standard InChI is InChI=1S/C12H17O/c1-5-10-6-7-11(13-4)8-12(10)9(2)3/h6-8H,5H2,1-4H3. The van der Waals surface area contributed by atoms with E-state index in [1.165, 1.54) is 17.0 Å². The molecule has 0 spiro atoms. The first-order valence-corrected chi connectivity index (χ1v) is 4.66. The van der Waals surface area contributed by atoms with E-state index in [0.717, 1.165) is 12.2 Å². The van der Waals surface area contributed by atoms with Gasteiger partial charge in [-0.3, -0.25) is 0 Å². The summed E-state index contributed by atoms with van der Waals surface area (Å²) >= 11 is 0. The third kappa shape index (κ3) is 2.24. The predicted molar refractivity (Wildman–Crippen MR) is 56.1 cm³/mol. The second kappa shape index (κ2) is 4.31. The van der Waals surface area contributed by atoms with E-state index in [9.17, 15) is 0 Å². The average Bonchev–Trinajstić information content (AvgIpc) is 2.16. The molecule has 1 aromatic carbocycles. The lowest BCUT2D eigenvalue weighted by Crippen LogP contribution is -1.96. The van der Waals surface area contributed by atoms with E-state index in [4.69, 9.17) is 4.74 Å². The molecule has 1 heteroatoms. The fraction of sp³-hybridized carbons (Fsp3) is 0.417. The fourth-order valence-corrected chi connectivity index (χ4v) is 1.46. The first-order chi connectivity index (χ1) is 6.19. The molecule has 0 heterocycles. The number of hydrogen-bond acceptors (Lipinski definition) is 1. The second-order valence-electron chi connectivity index (χ2n) is 3.38. The molecule has 0 fully saturated rings. The van der Waals surface area contributed by atoms with Gasteiger partial charge >= 0.3 is 0 Å². The largest absolute Gasteiger partial charge is 0.497 e. The van der Waals surface area contributed by atoms with E-state index in [-0.39, 0.29) is 0 Å². The molecule has 1 rings (SSSR count). The molecule has 0 aliphatic heterocycles. The SMILES string of the molecule is CCc1ccc(OC)cc1[C](C)C. The van der Waals surface area contributed by atoms with Crippen molar-refractivity contribution in [3.8, 4) is 5.75 Å². The highest BCUT2D eigenvalue weighted by molar-refractivity contribution is 5.42. The van der Waals surface area contributed by atoms with Gasteiger partial charge in [-0.2, -0.15) is 0 Å². The molecule has 0 amide bonds. The van der Waals surface area contributed by atoms with Crippen molar-refractivity contribution in [2.24, 2.45) is 0 Å². The Morgan fingerprint density at radius 2 is 2.00 bits per heavy atom. The second-order valence-corrected chi connectivity index (χ2v) is 3.38. The Morgan fingerprint density at radius 1 is 1.31 bits per heavy atom. The van der Waals surface area contributed by atoms with E-state index in [1.807, 2.05) is 6.07 Å². The van der Waals surface area contributed by atoms with Gasteiger partial charge in [-0.1, -0.05) is 26.8 Å². The first kappa shape index (κ1) is 10.1. The van der Waals surface area contributed by atoms with Gasteiger partial charge in [-0.05, 0) is 35.6 Å². The molecule has 13 heavy (non-hydrogen) atoms. The smallest absolute Gasteiger partial charge is 0.119 e. The number of aryl methyl sites for hydroxylation is 1. The molecular weight excluding hydrogens is 160 g/mol. The van der Waals surface area contributed by atoms with E-state index in [1.54, 1.807) is 7.11 Å². The van der Waals surface area contributed by atoms with Crippen molar-refractivity contribution < 1.29 is 4.74 Å². The van der Waals surface area contributed by atoms with Crippen molar-refractivity contribution >= 4 is 0 Å². The molecular formula is C12H17O. The van der Waals surface area contributed by atoms with E-state index in [2.05, 4.69) is 32.9 Å². The summed E-state index contributed by atoms with van der Waals surface area (Å²) in [7, 11) is 1.70. The number of methoxy groups -OCH3 is 1. The van der Waals surface area contributed by atoms with Crippen molar-refractivity contribution in [2.45, 2.75) is 27.2 Å². The Kier molecular flexibility index (Phi) is 3.35. The number of ether oxygens (including phenoxy) is 1. The van der Waals surface area contributed by atoms with Crippen molar-refractivity contribution in [1.82, 2.24) is 0 Å². The molecule has 1 nitrogen and oxygen atoms in total. The van der Waals surface area contributed by atoms with Gasteiger partial charge in [0.05, 0.1) is 7.11 Å². The normalized spacial score (nSPS) is 10.5. The topological polar surface area (TPSA) is 9.23 Å². The average molecular weight is 177 g/mol. The summed E-state index contributed by atoms with van der Waals surface area (Å²) in [6.07, 6.45) is 1.07. The molecule has 0 aliphatic carbocycles. The van der Waals surface area contributed by atoms with Crippen LogP contribution in [-0.4, -0.2) is 7.11 Å². The lowest BCUT2D eigenvalue weighted by Gasteiger charge is -2.12. The maximum absolute atomic E-state index is 5.19. The van der Waals surface area contributed by atoms with Gasteiger partial charge < -0.3 is 4.74 Å². The van der Waals surface area contributed by atoms with Crippen LogP contribution in [-0.2, 0) is 6.42 Å². The van der Waals surface area contributed by atoms with Crippen LogP contribution in [0.4, 0.5) is 0 Å². The summed E-state index contributed by atoms with van der Waals surface area (Å²) in [5, 5.41) is 0. The molecule has 1 aromatic rings. The van der Waals surface area contributed by atoms with Crippen LogP contribution >= 0.6 is 0 Å². The zero-order valence-electron chi connectivity index (χ0n) is 8.85.